The van der Waals surface area contributed by atoms with Gasteiger partial charge in [0.05, 0.1) is 5.41 Å². The molecule has 0 aromatic rings. The summed E-state index contributed by atoms with van der Waals surface area (Å²) in [6.07, 6.45) is 0. The molecule has 0 saturated carbocycles. The van der Waals surface area contributed by atoms with Gasteiger partial charge in [-0.2, -0.15) is 0 Å². The van der Waals surface area contributed by atoms with Crippen LogP contribution in [0, 0.1) is 5.41 Å². The van der Waals surface area contributed by atoms with Gasteiger partial charge in [0.15, 0.2) is 5.78 Å². The maximum atomic E-state index is 11.0. The predicted molar refractivity (Wildman–Crippen MR) is 42.6 cm³/mol. The molecule has 0 aromatic heterocycles. The molecule has 0 aromatic carbocycles. The SMILES string of the molecule is C=C(C(=O)O)C(C)(C)C(=O)CO. The first-order valence-corrected chi connectivity index (χ1v) is 3.41. The zero-order valence-electron chi connectivity index (χ0n) is 7.13. The van der Waals surface area contributed by atoms with Gasteiger partial charge in [-0.3, -0.25) is 4.79 Å². The maximum Gasteiger partial charge on any atom is 0.331 e. The summed E-state index contributed by atoms with van der Waals surface area (Å²) in [6, 6.07) is 0. The zero-order chi connectivity index (χ0) is 9.94. The lowest BCUT2D eigenvalue weighted by molar-refractivity contribution is -0.137. The molecule has 0 heterocycles. The van der Waals surface area contributed by atoms with Crippen molar-refractivity contribution < 1.29 is 19.8 Å². The Labute approximate surface area is 70.5 Å². The third kappa shape index (κ3) is 1.92. The van der Waals surface area contributed by atoms with Crippen molar-refractivity contribution in [2.45, 2.75) is 13.8 Å². The molecule has 0 bridgehead atoms. The summed E-state index contributed by atoms with van der Waals surface area (Å²) in [5.41, 5.74) is -1.40. The monoisotopic (exact) mass is 172 g/mol. The van der Waals surface area contributed by atoms with Crippen LogP contribution in [0.15, 0.2) is 12.2 Å². The molecule has 0 amide bonds. The van der Waals surface area contributed by atoms with Gasteiger partial charge in [0.25, 0.3) is 0 Å². The average molecular weight is 172 g/mol. The Bertz CT molecular complexity index is 227. The fourth-order valence-corrected chi connectivity index (χ4v) is 0.633. The highest BCUT2D eigenvalue weighted by molar-refractivity contribution is 5.99. The maximum absolute atomic E-state index is 11.0. The van der Waals surface area contributed by atoms with Gasteiger partial charge in [-0.05, 0) is 13.8 Å². The number of aliphatic hydroxyl groups is 1. The van der Waals surface area contributed by atoms with E-state index in [1.54, 1.807) is 0 Å². The van der Waals surface area contributed by atoms with Crippen LogP contribution in [-0.4, -0.2) is 28.6 Å². The fourth-order valence-electron chi connectivity index (χ4n) is 0.633. The number of carboxylic acid groups (broad SMARTS) is 1. The molecule has 0 aliphatic carbocycles. The molecule has 4 nitrogen and oxygen atoms in total. The standard InChI is InChI=1S/C8H12O4/c1-5(7(11)12)8(2,3)6(10)4-9/h9H,1,4H2,2-3H3,(H,11,12). The van der Waals surface area contributed by atoms with Crippen LogP contribution in [0.3, 0.4) is 0 Å². The van der Waals surface area contributed by atoms with Crippen molar-refractivity contribution in [3.63, 3.8) is 0 Å². The van der Waals surface area contributed by atoms with E-state index in [2.05, 4.69) is 6.58 Å². The summed E-state index contributed by atoms with van der Waals surface area (Å²) in [6.45, 7) is 5.43. The van der Waals surface area contributed by atoms with Crippen molar-refractivity contribution in [3.8, 4) is 0 Å². The molecule has 0 unspecified atom stereocenters. The summed E-state index contributed by atoms with van der Waals surface area (Å²) >= 11 is 0. The third-order valence-electron chi connectivity index (χ3n) is 1.85. The second-order valence-corrected chi connectivity index (χ2v) is 2.99. The fraction of sp³-hybridized carbons (Fsp3) is 0.500. The number of carbonyl (C=O) groups is 2. The number of aliphatic carboxylic acids is 1. The van der Waals surface area contributed by atoms with Crippen LogP contribution < -0.4 is 0 Å². The summed E-state index contributed by atoms with van der Waals surface area (Å²) < 4.78 is 0. The van der Waals surface area contributed by atoms with Crippen molar-refractivity contribution in [2.75, 3.05) is 6.61 Å². The van der Waals surface area contributed by atoms with Crippen LogP contribution in [0.1, 0.15) is 13.8 Å². The minimum absolute atomic E-state index is 0.207. The van der Waals surface area contributed by atoms with E-state index in [-0.39, 0.29) is 5.57 Å². The molecule has 0 atom stereocenters. The number of aliphatic hydroxyl groups excluding tert-OH is 1. The van der Waals surface area contributed by atoms with E-state index in [1.165, 1.54) is 13.8 Å². The minimum atomic E-state index is -1.22. The van der Waals surface area contributed by atoms with E-state index in [1.807, 2.05) is 0 Å². The zero-order valence-corrected chi connectivity index (χ0v) is 7.13. The molecule has 0 saturated heterocycles. The Morgan fingerprint density at radius 1 is 1.42 bits per heavy atom. The van der Waals surface area contributed by atoms with Crippen LogP contribution >= 0.6 is 0 Å². The second kappa shape index (κ2) is 3.49. The topological polar surface area (TPSA) is 74.6 Å². The van der Waals surface area contributed by atoms with E-state index < -0.39 is 23.8 Å². The van der Waals surface area contributed by atoms with E-state index in [0.717, 1.165) is 0 Å². The molecule has 0 aliphatic heterocycles. The molecule has 68 valence electrons. The number of hydrogen-bond acceptors (Lipinski definition) is 3. The molecule has 12 heavy (non-hydrogen) atoms. The number of hydrogen-bond donors (Lipinski definition) is 2. The van der Waals surface area contributed by atoms with Crippen molar-refractivity contribution >= 4 is 11.8 Å². The highest BCUT2D eigenvalue weighted by Crippen LogP contribution is 2.25. The molecule has 0 rings (SSSR count). The first-order chi connectivity index (χ1) is 5.34. The van der Waals surface area contributed by atoms with Gasteiger partial charge in [-0.25, -0.2) is 4.79 Å². The summed E-state index contributed by atoms with van der Waals surface area (Å²) in [4.78, 5) is 21.4. The Hall–Kier alpha value is -1.16. The minimum Gasteiger partial charge on any atom is -0.478 e. The third-order valence-corrected chi connectivity index (χ3v) is 1.85. The first-order valence-electron chi connectivity index (χ1n) is 3.41. The highest BCUT2D eigenvalue weighted by atomic mass is 16.4. The molecule has 0 aliphatic rings. The van der Waals surface area contributed by atoms with Crippen LogP contribution in [0.2, 0.25) is 0 Å². The lowest BCUT2D eigenvalue weighted by Crippen LogP contribution is -2.32. The molecule has 2 N–H and O–H groups in total. The van der Waals surface area contributed by atoms with Gasteiger partial charge >= 0.3 is 5.97 Å². The average Bonchev–Trinajstić information content (AvgIpc) is 2.01. The van der Waals surface area contributed by atoms with Crippen LogP contribution in [0.5, 0.6) is 0 Å². The molecule has 0 fully saturated rings. The number of carbonyl (C=O) groups excluding carboxylic acids is 1. The summed E-state index contributed by atoms with van der Waals surface area (Å²) in [5.74, 6) is -1.77. The molecule has 0 radical (unpaired) electrons. The Kier molecular flexibility index (Phi) is 3.15. The lowest BCUT2D eigenvalue weighted by Gasteiger charge is -2.21. The quantitative estimate of drug-likeness (QED) is 0.594. The normalized spacial score (nSPS) is 10.9. The molecular weight excluding hydrogens is 160 g/mol. The number of Topliss-reactive ketones (excluding diaryl/α,β-unsaturated/α-hetero) is 1. The van der Waals surface area contributed by atoms with Crippen molar-refractivity contribution in [2.24, 2.45) is 5.41 Å². The smallest absolute Gasteiger partial charge is 0.331 e. The summed E-state index contributed by atoms with van der Waals surface area (Å²) in [7, 11) is 0. The Balaban J connectivity index is 4.73. The van der Waals surface area contributed by atoms with Gasteiger partial charge in [0.1, 0.15) is 6.61 Å². The molecule has 0 spiro atoms. The largest absolute Gasteiger partial charge is 0.478 e. The number of carboxylic acids is 1. The Morgan fingerprint density at radius 3 is 2.08 bits per heavy atom. The van der Waals surface area contributed by atoms with E-state index >= 15 is 0 Å². The first kappa shape index (κ1) is 10.8. The molecule has 4 heteroatoms. The number of rotatable bonds is 4. The van der Waals surface area contributed by atoms with Crippen molar-refractivity contribution in [3.05, 3.63) is 12.2 Å². The van der Waals surface area contributed by atoms with Gasteiger partial charge in [0, 0.05) is 5.57 Å². The molecular formula is C8H12O4. The predicted octanol–water partition coefficient (Wildman–Crippen LogP) is 0.215. The van der Waals surface area contributed by atoms with Gasteiger partial charge in [-0.15, -0.1) is 0 Å². The van der Waals surface area contributed by atoms with Gasteiger partial charge < -0.3 is 10.2 Å². The van der Waals surface area contributed by atoms with Crippen molar-refractivity contribution in [1.82, 2.24) is 0 Å². The van der Waals surface area contributed by atoms with E-state index in [0.29, 0.717) is 0 Å². The van der Waals surface area contributed by atoms with Crippen LogP contribution in [0.25, 0.3) is 0 Å². The second-order valence-electron chi connectivity index (χ2n) is 2.99. The van der Waals surface area contributed by atoms with Crippen LogP contribution in [0.4, 0.5) is 0 Å². The highest BCUT2D eigenvalue weighted by Gasteiger charge is 2.33. The van der Waals surface area contributed by atoms with Crippen LogP contribution in [-0.2, 0) is 9.59 Å². The van der Waals surface area contributed by atoms with Crippen molar-refractivity contribution in [1.29, 1.82) is 0 Å². The van der Waals surface area contributed by atoms with Gasteiger partial charge in [-0.1, -0.05) is 6.58 Å². The lowest BCUT2D eigenvalue weighted by atomic mass is 9.81. The summed E-state index contributed by atoms with van der Waals surface area (Å²) in [5, 5.41) is 17.0. The van der Waals surface area contributed by atoms with E-state index in [4.69, 9.17) is 10.2 Å². The number of ketones is 1. The van der Waals surface area contributed by atoms with E-state index in [9.17, 15) is 9.59 Å². The Morgan fingerprint density at radius 2 is 1.83 bits per heavy atom. The van der Waals surface area contributed by atoms with Gasteiger partial charge in [0.2, 0.25) is 0 Å².